The number of benzene rings is 2. The molecule has 126 valence electrons. The number of ether oxygens (including phenoxy) is 2. The van der Waals surface area contributed by atoms with E-state index < -0.39 is 10.0 Å². The van der Waals surface area contributed by atoms with Crippen molar-refractivity contribution in [3.05, 3.63) is 53.1 Å². The summed E-state index contributed by atoms with van der Waals surface area (Å²) in [6.07, 6.45) is 0. The summed E-state index contributed by atoms with van der Waals surface area (Å²) in [6, 6.07) is 9.77. The van der Waals surface area contributed by atoms with Crippen molar-refractivity contribution >= 4 is 15.8 Å². The van der Waals surface area contributed by atoms with E-state index in [9.17, 15) is 13.2 Å². The molecule has 1 heterocycles. The molecule has 24 heavy (non-hydrogen) atoms. The van der Waals surface area contributed by atoms with E-state index in [1.54, 1.807) is 31.2 Å². The molecule has 0 bridgehead atoms. The van der Waals surface area contributed by atoms with Crippen LogP contribution in [0.25, 0.3) is 0 Å². The quantitative estimate of drug-likeness (QED) is 0.840. The zero-order valence-corrected chi connectivity index (χ0v) is 14.1. The second kappa shape index (κ2) is 6.26. The summed E-state index contributed by atoms with van der Waals surface area (Å²) in [6.45, 7) is 3.47. The highest BCUT2D eigenvalue weighted by Crippen LogP contribution is 2.32. The molecule has 1 aliphatic heterocycles. The molecular weight excluding hydrogens is 330 g/mol. The molecule has 0 atom stereocenters. The van der Waals surface area contributed by atoms with Crippen molar-refractivity contribution in [2.24, 2.45) is 0 Å². The minimum Gasteiger partial charge on any atom is -0.454 e. The van der Waals surface area contributed by atoms with E-state index in [1.165, 1.54) is 19.1 Å². The molecule has 6 nitrogen and oxygen atoms in total. The fraction of sp³-hybridized carbons (Fsp3) is 0.235. The van der Waals surface area contributed by atoms with Crippen LogP contribution in [0, 0.1) is 6.92 Å². The van der Waals surface area contributed by atoms with E-state index >= 15 is 0 Å². The van der Waals surface area contributed by atoms with Gasteiger partial charge in [-0.2, -0.15) is 0 Å². The van der Waals surface area contributed by atoms with Gasteiger partial charge < -0.3 is 9.47 Å². The van der Waals surface area contributed by atoms with Gasteiger partial charge in [0.05, 0.1) is 4.90 Å². The number of hydrogen-bond donors (Lipinski definition) is 1. The second-order valence-electron chi connectivity index (χ2n) is 5.55. The van der Waals surface area contributed by atoms with Crippen molar-refractivity contribution in [3.63, 3.8) is 0 Å². The molecule has 0 fully saturated rings. The monoisotopic (exact) mass is 347 g/mol. The lowest BCUT2D eigenvalue weighted by molar-refractivity contribution is 0.101. The highest BCUT2D eigenvalue weighted by Gasteiger charge is 2.18. The molecule has 0 aliphatic carbocycles. The molecule has 2 aromatic rings. The summed E-state index contributed by atoms with van der Waals surface area (Å²) in [5, 5.41) is 0. The fourth-order valence-corrected chi connectivity index (χ4v) is 3.50. The summed E-state index contributed by atoms with van der Waals surface area (Å²) < 4.78 is 37.9. The van der Waals surface area contributed by atoms with Crippen LogP contribution >= 0.6 is 0 Å². The number of rotatable bonds is 5. The van der Waals surface area contributed by atoms with Gasteiger partial charge in [-0.25, -0.2) is 13.1 Å². The number of carbonyl (C=O) groups is 1. The van der Waals surface area contributed by atoms with Gasteiger partial charge in [0.1, 0.15) is 0 Å². The van der Waals surface area contributed by atoms with Crippen molar-refractivity contribution < 1.29 is 22.7 Å². The Balaban J connectivity index is 1.79. The standard InChI is InChI=1S/C17H17NO5S/c1-11-3-5-14(8-15(11)12(2)19)24(20,21)18-9-13-4-6-16-17(7-13)23-10-22-16/h3-8,18H,9-10H2,1-2H3. The SMILES string of the molecule is CC(=O)c1cc(S(=O)(=O)NCc2ccc3c(c2)OCO3)ccc1C. The summed E-state index contributed by atoms with van der Waals surface area (Å²) in [4.78, 5) is 11.7. The Kier molecular flexibility index (Phi) is 4.29. The summed E-state index contributed by atoms with van der Waals surface area (Å²) in [5.74, 6) is 1.08. The maximum Gasteiger partial charge on any atom is 0.240 e. The summed E-state index contributed by atoms with van der Waals surface area (Å²) >= 11 is 0. The van der Waals surface area contributed by atoms with Gasteiger partial charge in [0, 0.05) is 12.1 Å². The number of carbonyl (C=O) groups excluding carboxylic acids is 1. The molecule has 2 aromatic carbocycles. The van der Waals surface area contributed by atoms with Crippen LogP contribution in [-0.2, 0) is 16.6 Å². The number of fused-ring (bicyclic) bond motifs is 1. The van der Waals surface area contributed by atoms with E-state index in [4.69, 9.17) is 9.47 Å². The van der Waals surface area contributed by atoms with Crippen LogP contribution in [0.5, 0.6) is 11.5 Å². The van der Waals surface area contributed by atoms with Crippen molar-refractivity contribution in [1.82, 2.24) is 4.72 Å². The van der Waals surface area contributed by atoms with Gasteiger partial charge in [-0.05, 0) is 49.2 Å². The largest absolute Gasteiger partial charge is 0.454 e. The third-order valence-electron chi connectivity index (χ3n) is 3.80. The molecule has 0 saturated carbocycles. The number of nitrogens with one attached hydrogen (secondary N) is 1. The zero-order valence-electron chi connectivity index (χ0n) is 13.3. The normalized spacial score (nSPS) is 13.1. The fourth-order valence-electron chi connectivity index (χ4n) is 2.46. The van der Waals surface area contributed by atoms with Crippen LogP contribution in [-0.4, -0.2) is 21.0 Å². The van der Waals surface area contributed by atoms with Crippen molar-refractivity contribution in [2.75, 3.05) is 6.79 Å². The van der Waals surface area contributed by atoms with E-state index in [0.29, 0.717) is 17.1 Å². The number of sulfonamides is 1. The maximum absolute atomic E-state index is 12.4. The first-order valence-corrected chi connectivity index (χ1v) is 8.85. The smallest absolute Gasteiger partial charge is 0.240 e. The van der Waals surface area contributed by atoms with Gasteiger partial charge in [-0.1, -0.05) is 12.1 Å². The first-order valence-electron chi connectivity index (χ1n) is 7.36. The van der Waals surface area contributed by atoms with Crippen molar-refractivity contribution in [2.45, 2.75) is 25.3 Å². The number of aryl methyl sites for hydroxylation is 1. The lowest BCUT2D eigenvalue weighted by Crippen LogP contribution is -2.23. The van der Waals surface area contributed by atoms with Crippen LogP contribution in [0.2, 0.25) is 0 Å². The van der Waals surface area contributed by atoms with Gasteiger partial charge in [0.2, 0.25) is 16.8 Å². The van der Waals surface area contributed by atoms with Crippen LogP contribution in [0.15, 0.2) is 41.3 Å². The van der Waals surface area contributed by atoms with Gasteiger partial charge in [0.25, 0.3) is 0 Å². The molecule has 1 aliphatic rings. The molecule has 0 spiro atoms. The van der Waals surface area contributed by atoms with Crippen molar-refractivity contribution in [1.29, 1.82) is 0 Å². The predicted molar refractivity (Wildman–Crippen MR) is 87.8 cm³/mol. The lowest BCUT2D eigenvalue weighted by atomic mass is 10.1. The summed E-state index contributed by atoms with van der Waals surface area (Å²) in [7, 11) is -3.72. The molecule has 7 heteroatoms. The van der Waals surface area contributed by atoms with E-state index in [1.807, 2.05) is 0 Å². The molecule has 1 N–H and O–H groups in total. The van der Waals surface area contributed by atoms with Gasteiger partial charge in [0.15, 0.2) is 17.3 Å². The average molecular weight is 347 g/mol. The Labute approximate surface area is 140 Å². The molecule has 0 radical (unpaired) electrons. The number of Topliss-reactive ketones (excluding diaryl/α,β-unsaturated/α-hetero) is 1. The molecule has 0 aromatic heterocycles. The van der Waals surface area contributed by atoms with Gasteiger partial charge in [-0.3, -0.25) is 4.79 Å². The molecule has 3 rings (SSSR count). The maximum atomic E-state index is 12.4. The van der Waals surface area contributed by atoms with Crippen LogP contribution in [0.4, 0.5) is 0 Å². The van der Waals surface area contributed by atoms with Gasteiger partial charge >= 0.3 is 0 Å². The topological polar surface area (TPSA) is 81.7 Å². The minimum atomic E-state index is -3.72. The summed E-state index contributed by atoms with van der Waals surface area (Å²) in [5.41, 5.74) is 1.90. The van der Waals surface area contributed by atoms with E-state index in [0.717, 1.165) is 11.1 Å². The van der Waals surface area contributed by atoms with Crippen molar-refractivity contribution in [3.8, 4) is 11.5 Å². The van der Waals surface area contributed by atoms with E-state index in [-0.39, 0.29) is 24.0 Å². The first kappa shape index (κ1) is 16.5. The number of ketones is 1. The zero-order chi connectivity index (χ0) is 17.3. The third-order valence-corrected chi connectivity index (χ3v) is 5.20. The van der Waals surface area contributed by atoms with Gasteiger partial charge in [-0.15, -0.1) is 0 Å². The third kappa shape index (κ3) is 3.27. The Bertz CT molecular complexity index is 905. The van der Waals surface area contributed by atoms with Crippen LogP contribution < -0.4 is 14.2 Å². The Morgan fingerprint density at radius 2 is 1.88 bits per heavy atom. The van der Waals surface area contributed by atoms with Crippen LogP contribution in [0.3, 0.4) is 0 Å². The number of hydrogen-bond acceptors (Lipinski definition) is 5. The average Bonchev–Trinajstić information content (AvgIpc) is 3.00. The molecular formula is C17H17NO5S. The first-order chi connectivity index (χ1) is 11.4. The molecule has 0 amide bonds. The Morgan fingerprint density at radius 1 is 1.12 bits per heavy atom. The highest BCUT2D eigenvalue weighted by molar-refractivity contribution is 7.89. The Morgan fingerprint density at radius 3 is 2.62 bits per heavy atom. The second-order valence-corrected chi connectivity index (χ2v) is 7.31. The van der Waals surface area contributed by atoms with Crippen LogP contribution in [0.1, 0.15) is 28.4 Å². The highest BCUT2D eigenvalue weighted by atomic mass is 32.2. The Hall–Kier alpha value is -2.38. The molecule has 0 unspecified atom stereocenters. The lowest BCUT2D eigenvalue weighted by Gasteiger charge is -2.10. The van der Waals surface area contributed by atoms with E-state index in [2.05, 4.69) is 4.72 Å². The minimum absolute atomic E-state index is 0.0686. The predicted octanol–water partition coefficient (Wildman–Crippen LogP) is 2.40. The molecule has 0 saturated heterocycles.